The van der Waals surface area contributed by atoms with E-state index in [1.54, 1.807) is 0 Å². The van der Waals surface area contributed by atoms with E-state index < -0.39 is 26.2 Å². The maximum absolute atomic E-state index is 12.6. The third kappa shape index (κ3) is 3.90. The molecule has 0 spiro atoms. The molecule has 146 valence electrons. The number of fused-ring (bicyclic) bond motifs is 1. The minimum Gasteiger partial charge on any atom is -0.302 e. The highest BCUT2D eigenvalue weighted by Gasteiger charge is 2.25. The van der Waals surface area contributed by atoms with Gasteiger partial charge in [-0.25, -0.2) is 17.9 Å². The Morgan fingerprint density at radius 1 is 1.15 bits per heavy atom. The molecule has 0 aliphatic carbocycles. The van der Waals surface area contributed by atoms with Crippen LogP contribution in [0, 0.1) is 0 Å². The van der Waals surface area contributed by atoms with Crippen molar-refractivity contribution in [3.05, 3.63) is 62.4 Å². The van der Waals surface area contributed by atoms with Crippen molar-refractivity contribution in [1.82, 2.24) is 18.8 Å². The Morgan fingerprint density at radius 3 is 2.52 bits per heavy atom. The lowest BCUT2D eigenvalue weighted by molar-refractivity contribution is 0.192. The molecular weight excluding hydrogens is 368 g/mol. The van der Waals surface area contributed by atoms with Crippen LogP contribution >= 0.6 is 0 Å². The van der Waals surface area contributed by atoms with E-state index in [1.807, 2.05) is 19.1 Å². The summed E-state index contributed by atoms with van der Waals surface area (Å²) in [6, 6.07) is 8.21. The van der Waals surface area contributed by atoms with Gasteiger partial charge in [-0.2, -0.15) is 0 Å². The first kappa shape index (κ1) is 19.5. The van der Waals surface area contributed by atoms with Gasteiger partial charge in [0.15, 0.2) is 4.90 Å². The second-order valence-electron chi connectivity index (χ2n) is 6.94. The Hall–Kier alpha value is -2.23. The van der Waals surface area contributed by atoms with Crippen molar-refractivity contribution >= 4 is 10.0 Å². The molecule has 3 rings (SSSR count). The number of aryl methyl sites for hydroxylation is 1. The predicted molar refractivity (Wildman–Crippen MR) is 102 cm³/mol. The number of aromatic nitrogens is 2. The number of benzene rings is 1. The molecule has 27 heavy (non-hydrogen) atoms. The van der Waals surface area contributed by atoms with E-state index >= 15 is 0 Å². The molecule has 2 heterocycles. The highest BCUT2D eigenvalue weighted by Crippen LogP contribution is 2.20. The molecule has 0 fully saturated rings. The number of sulfonamides is 1. The standard InChI is InChI=1S/C18H24N4O4S/c1-13(22-9-8-14-6-4-5-7-15(14)11-22)10-19-27(25,26)16-12-20(2)18(24)21(3)17(16)23/h4-7,12-13,19H,8-11H2,1-3H3. The zero-order valence-electron chi connectivity index (χ0n) is 15.7. The fourth-order valence-corrected chi connectivity index (χ4v) is 4.57. The summed E-state index contributed by atoms with van der Waals surface area (Å²) in [4.78, 5) is 25.7. The maximum atomic E-state index is 12.6. The fourth-order valence-electron chi connectivity index (χ4n) is 3.29. The number of hydrogen-bond donors (Lipinski definition) is 1. The molecule has 0 amide bonds. The Kier molecular flexibility index (Phi) is 5.36. The molecule has 1 aromatic carbocycles. The van der Waals surface area contributed by atoms with Crippen molar-refractivity contribution < 1.29 is 8.42 Å². The highest BCUT2D eigenvalue weighted by atomic mass is 32.2. The van der Waals surface area contributed by atoms with Gasteiger partial charge in [0.25, 0.3) is 5.56 Å². The molecule has 2 aromatic rings. The molecule has 8 nitrogen and oxygen atoms in total. The average Bonchev–Trinajstić information content (AvgIpc) is 2.66. The summed E-state index contributed by atoms with van der Waals surface area (Å²) in [5, 5.41) is 0. The van der Waals surface area contributed by atoms with Crippen LogP contribution in [0.2, 0.25) is 0 Å². The van der Waals surface area contributed by atoms with Crippen LogP contribution in [0.3, 0.4) is 0 Å². The van der Waals surface area contributed by atoms with Crippen LogP contribution in [0.4, 0.5) is 0 Å². The molecular formula is C18H24N4O4S. The lowest BCUT2D eigenvalue weighted by Gasteiger charge is -2.33. The second-order valence-corrected chi connectivity index (χ2v) is 8.68. The van der Waals surface area contributed by atoms with Gasteiger partial charge in [0, 0.05) is 46.0 Å². The third-order valence-corrected chi connectivity index (χ3v) is 6.46. The smallest absolute Gasteiger partial charge is 0.302 e. The van der Waals surface area contributed by atoms with E-state index in [1.165, 1.54) is 25.2 Å². The maximum Gasteiger partial charge on any atom is 0.330 e. The molecule has 1 aromatic heterocycles. The van der Waals surface area contributed by atoms with Crippen molar-refractivity contribution in [1.29, 1.82) is 0 Å². The van der Waals surface area contributed by atoms with Crippen molar-refractivity contribution in [2.45, 2.75) is 30.8 Å². The minimum absolute atomic E-state index is 0.0375. The quantitative estimate of drug-likeness (QED) is 0.761. The predicted octanol–water partition coefficient (Wildman–Crippen LogP) is -0.191. The first-order valence-electron chi connectivity index (χ1n) is 8.78. The van der Waals surface area contributed by atoms with Crippen LogP contribution in [-0.4, -0.2) is 41.6 Å². The Labute approximate surface area is 158 Å². The van der Waals surface area contributed by atoms with Gasteiger partial charge in [-0.1, -0.05) is 24.3 Å². The molecule has 0 bridgehead atoms. The van der Waals surface area contributed by atoms with Gasteiger partial charge in [-0.05, 0) is 24.5 Å². The van der Waals surface area contributed by atoms with Crippen LogP contribution in [0.25, 0.3) is 0 Å². The van der Waals surface area contributed by atoms with E-state index in [-0.39, 0.29) is 12.6 Å². The van der Waals surface area contributed by atoms with E-state index in [0.29, 0.717) is 0 Å². The molecule has 0 saturated heterocycles. The number of hydrogen-bond acceptors (Lipinski definition) is 5. The second kappa shape index (κ2) is 7.41. The summed E-state index contributed by atoms with van der Waals surface area (Å²) < 4.78 is 29.6. The summed E-state index contributed by atoms with van der Waals surface area (Å²) in [7, 11) is -1.34. The van der Waals surface area contributed by atoms with E-state index in [0.717, 1.165) is 34.8 Å². The van der Waals surface area contributed by atoms with Crippen LogP contribution in [0.1, 0.15) is 18.1 Å². The summed E-state index contributed by atoms with van der Waals surface area (Å²) in [5.74, 6) is 0. The third-order valence-electron chi connectivity index (χ3n) is 5.06. The van der Waals surface area contributed by atoms with Crippen molar-refractivity contribution in [3.63, 3.8) is 0 Å². The van der Waals surface area contributed by atoms with E-state index in [2.05, 4.69) is 21.8 Å². The van der Waals surface area contributed by atoms with Crippen LogP contribution < -0.4 is 16.0 Å². The Morgan fingerprint density at radius 2 is 1.81 bits per heavy atom. The van der Waals surface area contributed by atoms with Gasteiger partial charge in [-0.15, -0.1) is 0 Å². The molecule has 1 atom stereocenters. The van der Waals surface area contributed by atoms with Crippen molar-refractivity contribution in [2.24, 2.45) is 14.1 Å². The first-order chi connectivity index (χ1) is 12.7. The Bertz CT molecular complexity index is 1070. The molecule has 1 unspecified atom stereocenters. The largest absolute Gasteiger partial charge is 0.330 e. The molecule has 1 N–H and O–H groups in total. The summed E-state index contributed by atoms with van der Waals surface area (Å²) in [6.45, 7) is 3.74. The highest BCUT2D eigenvalue weighted by molar-refractivity contribution is 7.89. The molecule has 9 heteroatoms. The summed E-state index contributed by atoms with van der Waals surface area (Å²) in [5.41, 5.74) is 1.19. The summed E-state index contributed by atoms with van der Waals surface area (Å²) >= 11 is 0. The van der Waals surface area contributed by atoms with Gasteiger partial charge in [0.1, 0.15) is 0 Å². The van der Waals surface area contributed by atoms with Gasteiger partial charge >= 0.3 is 5.69 Å². The zero-order valence-corrected chi connectivity index (χ0v) is 16.5. The number of nitrogens with zero attached hydrogens (tertiary/aromatic N) is 3. The van der Waals surface area contributed by atoms with Crippen LogP contribution in [0.5, 0.6) is 0 Å². The average molecular weight is 392 g/mol. The van der Waals surface area contributed by atoms with Crippen molar-refractivity contribution in [3.8, 4) is 0 Å². The number of rotatable bonds is 5. The molecule has 1 aliphatic rings. The van der Waals surface area contributed by atoms with Crippen LogP contribution in [0.15, 0.2) is 44.9 Å². The minimum atomic E-state index is -4.02. The fraction of sp³-hybridized carbons (Fsp3) is 0.444. The van der Waals surface area contributed by atoms with Gasteiger partial charge < -0.3 is 4.57 Å². The SMILES string of the molecule is CC(CNS(=O)(=O)c1cn(C)c(=O)n(C)c1=O)N1CCc2ccccc2C1. The van der Waals surface area contributed by atoms with Crippen molar-refractivity contribution in [2.75, 3.05) is 13.1 Å². The summed E-state index contributed by atoms with van der Waals surface area (Å²) in [6.07, 6.45) is 1.99. The topological polar surface area (TPSA) is 93.4 Å². The van der Waals surface area contributed by atoms with E-state index in [4.69, 9.17) is 0 Å². The first-order valence-corrected chi connectivity index (χ1v) is 10.3. The monoisotopic (exact) mass is 392 g/mol. The Balaban J connectivity index is 1.73. The van der Waals surface area contributed by atoms with Gasteiger partial charge in [0.2, 0.25) is 10.0 Å². The van der Waals surface area contributed by atoms with Gasteiger partial charge in [0.05, 0.1) is 0 Å². The normalized spacial score (nSPS) is 16.1. The van der Waals surface area contributed by atoms with E-state index in [9.17, 15) is 18.0 Å². The number of nitrogens with one attached hydrogen (secondary N) is 1. The van der Waals surface area contributed by atoms with Gasteiger partial charge in [-0.3, -0.25) is 14.3 Å². The molecule has 0 saturated carbocycles. The molecule has 1 aliphatic heterocycles. The molecule has 0 radical (unpaired) electrons. The lowest BCUT2D eigenvalue weighted by Crippen LogP contribution is -2.46. The van der Waals surface area contributed by atoms with Crippen LogP contribution in [-0.2, 0) is 37.1 Å². The lowest BCUT2D eigenvalue weighted by atomic mass is 9.99. The zero-order chi connectivity index (χ0) is 19.8.